The van der Waals surface area contributed by atoms with Crippen molar-refractivity contribution in [3.05, 3.63) is 121 Å². The molecule has 0 spiro atoms. The molecule has 0 aromatic heterocycles. The number of hydrogen-bond acceptors (Lipinski definition) is 16. The van der Waals surface area contributed by atoms with Crippen LogP contribution in [0.4, 0.5) is 0 Å². The Morgan fingerprint density at radius 1 is 0.379 bits per heavy atom. The number of aliphatic carboxylic acids is 4. The SMILES string of the molecule is NCCNCC(=O)[O-].NCCNCC(=O)[O-].NCCNCC(=O)[O-].NCCNCC(=O)[O-].[Ni+3].c1ccc([P+](c2ccccc2)(c2ccccc2)c2ccccc2)cc1. The minimum absolute atomic E-state index is 0. The summed E-state index contributed by atoms with van der Waals surface area (Å²) in [7, 11) is -1.91. The Morgan fingerprint density at radius 2 is 0.552 bits per heavy atom. The van der Waals surface area contributed by atoms with E-state index in [9.17, 15) is 39.6 Å². The summed E-state index contributed by atoms with van der Waals surface area (Å²) in [5, 5.41) is 54.4. The minimum Gasteiger partial charge on any atom is -0.549 e. The Kier molecular flexibility index (Phi) is 35.1. The van der Waals surface area contributed by atoms with Gasteiger partial charge < -0.3 is 83.8 Å². The number of benzene rings is 4. The maximum absolute atomic E-state index is 9.66. The second kappa shape index (κ2) is 36.7. The first-order valence-corrected chi connectivity index (χ1v) is 19.8. The van der Waals surface area contributed by atoms with Gasteiger partial charge in [0.1, 0.15) is 28.5 Å². The molecule has 0 saturated heterocycles. The molecule has 0 atom stereocenters. The van der Waals surface area contributed by atoms with Gasteiger partial charge in [0.2, 0.25) is 0 Å². The van der Waals surface area contributed by atoms with Crippen molar-refractivity contribution in [3.8, 4) is 0 Å². The van der Waals surface area contributed by atoms with Gasteiger partial charge in [-0.05, 0) is 48.5 Å². The molecule has 18 heteroatoms. The molecule has 0 aliphatic rings. The van der Waals surface area contributed by atoms with Crippen molar-refractivity contribution in [2.45, 2.75) is 0 Å². The molecule has 4 rings (SSSR count). The number of rotatable bonds is 20. The zero-order chi connectivity index (χ0) is 42.6. The van der Waals surface area contributed by atoms with Gasteiger partial charge in [0.15, 0.2) is 0 Å². The van der Waals surface area contributed by atoms with E-state index in [0.717, 1.165) is 0 Å². The second-order valence-corrected chi connectivity index (χ2v) is 14.8. The molecule has 4 aromatic carbocycles. The summed E-state index contributed by atoms with van der Waals surface area (Å²) in [5.41, 5.74) is 20.2. The average molecular weight is 867 g/mol. The summed E-state index contributed by atoms with van der Waals surface area (Å²) >= 11 is 0. The normalized spacial score (nSPS) is 9.86. The summed E-state index contributed by atoms with van der Waals surface area (Å²) in [6.45, 7) is 3.44. The molecule has 0 aliphatic carbocycles. The van der Waals surface area contributed by atoms with E-state index in [1.54, 1.807) is 0 Å². The zero-order valence-corrected chi connectivity index (χ0v) is 34.3. The van der Waals surface area contributed by atoms with Crippen LogP contribution < -0.4 is 85.8 Å². The van der Waals surface area contributed by atoms with Crippen molar-refractivity contribution in [1.82, 2.24) is 21.3 Å². The molecule has 319 valence electrons. The van der Waals surface area contributed by atoms with E-state index in [0.29, 0.717) is 52.4 Å². The smallest absolute Gasteiger partial charge is 0.549 e. The van der Waals surface area contributed by atoms with E-state index in [2.05, 4.69) is 143 Å². The second-order valence-electron chi connectivity index (χ2n) is 11.4. The number of nitrogens with two attached hydrogens (primary N) is 4. The molecular formula is C40H56N8NiO8P. The Morgan fingerprint density at radius 3 is 0.690 bits per heavy atom. The molecule has 0 heterocycles. The van der Waals surface area contributed by atoms with E-state index < -0.39 is 31.1 Å². The standard InChI is InChI=1S/C24H20P.4C4H10N2O2.Ni/c1-5-13-21(14-6-1)25(22-15-7-2-8-16-22,23-17-9-3-10-18-23)24-19-11-4-12-20-24;4*5-1-2-6-3-4(7)8;/h1-20H;4*6H,1-3,5H2,(H,7,8);/q+1;;;;;+3/p-4. The molecule has 0 saturated carbocycles. The predicted molar refractivity (Wildman–Crippen MR) is 219 cm³/mol. The number of carbonyl (C=O) groups excluding carboxylic acids is 4. The molecule has 58 heavy (non-hydrogen) atoms. The largest absolute Gasteiger partial charge is 3.00 e. The molecule has 1 radical (unpaired) electrons. The average Bonchev–Trinajstić information content (AvgIpc) is 3.21. The molecule has 0 aliphatic heterocycles. The van der Waals surface area contributed by atoms with Crippen molar-refractivity contribution in [2.24, 2.45) is 22.9 Å². The van der Waals surface area contributed by atoms with E-state index in [1.165, 1.54) is 21.2 Å². The topological polar surface area (TPSA) is 313 Å². The van der Waals surface area contributed by atoms with Crippen LogP contribution in [0, 0.1) is 0 Å². The zero-order valence-electron chi connectivity index (χ0n) is 32.4. The van der Waals surface area contributed by atoms with Gasteiger partial charge in [-0.3, -0.25) is 0 Å². The Balaban J connectivity index is 0. The maximum atomic E-state index is 9.66. The molecule has 0 unspecified atom stereocenters. The van der Waals surface area contributed by atoms with E-state index >= 15 is 0 Å². The van der Waals surface area contributed by atoms with Gasteiger partial charge in [-0.15, -0.1) is 0 Å². The summed E-state index contributed by atoms with van der Waals surface area (Å²) in [4.78, 5) is 38.6. The third kappa shape index (κ3) is 25.6. The quantitative estimate of drug-likeness (QED) is 0.0233. The van der Waals surface area contributed by atoms with Crippen molar-refractivity contribution in [3.63, 3.8) is 0 Å². The summed E-state index contributed by atoms with van der Waals surface area (Å²) in [6, 6.07) is 43.8. The fourth-order valence-corrected chi connectivity index (χ4v) is 8.94. The molecule has 0 fully saturated rings. The minimum atomic E-state index is -1.91. The van der Waals surface area contributed by atoms with E-state index in [4.69, 9.17) is 22.9 Å². The van der Waals surface area contributed by atoms with Gasteiger partial charge in [-0.25, -0.2) is 0 Å². The maximum Gasteiger partial charge on any atom is 3.00 e. The van der Waals surface area contributed by atoms with E-state index in [-0.39, 0.29) is 42.7 Å². The molecule has 0 bridgehead atoms. The summed E-state index contributed by atoms with van der Waals surface area (Å²) in [6.07, 6.45) is 0. The van der Waals surface area contributed by atoms with Crippen molar-refractivity contribution in [2.75, 3.05) is 78.5 Å². The summed E-state index contributed by atoms with van der Waals surface area (Å²) < 4.78 is 0. The number of nitrogens with one attached hydrogen (secondary N) is 4. The first-order valence-electron chi connectivity index (χ1n) is 18.0. The van der Waals surface area contributed by atoms with Crippen LogP contribution >= 0.6 is 7.26 Å². The van der Waals surface area contributed by atoms with Gasteiger partial charge in [-0.1, -0.05) is 72.8 Å². The van der Waals surface area contributed by atoms with Gasteiger partial charge in [0, 0.05) is 78.5 Å². The van der Waals surface area contributed by atoms with Crippen LogP contribution in [0.2, 0.25) is 0 Å². The van der Waals surface area contributed by atoms with Crippen molar-refractivity contribution < 1.29 is 56.1 Å². The first kappa shape index (κ1) is 55.5. The molecular weight excluding hydrogens is 810 g/mol. The van der Waals surface area contributed by atoms with Crippen LogP contribution in [0.3, 0.4) is 0 Å². The first-order chi connectivity index (χ1) is 27.5. The number of carbonyl (C=O) groups is 4. The van der Waals surface area contributed by atoms with Crippen LogP contribution in [0.15, 0.2) is 121 Å². The molecule has 16 nitrogen and oxygen atoms in total. The Labute approximate surface area is 351 Å². The van der Waals surface area contributed by atoms with Crippen LogP contribution in [-0.2, 0) is 35.7 Å². The predicted octanol–water partition coefficient (Wildman–Crippen LogP) is -6.56. The molecule has 12 N–H and O–H groups in total. The van der Waals surface area contributed by atoms with Crippen LogP contribution in [0.5, 0.6) is 0 Å². The van der Waals surface area contributed by atoms with Crippen LogP contribution in [0.25, 0.3) is 0 Å². The van der Waals surface area contributed by atoms with Gasteiger partial charge >= 0.3 is 16.5 Å². The van der Waals surface area contributed by atoms with Gasteiger partial charge in [-0.2, -0.15) is 0 Å². The van der Waals surface area contributed by atoms with Crippen molar-refractivity contribution in [1.29, 1.82) is 0 Å². The summed E-state index contributed by atoms with van der Waals surface area (Å²) in [5.74, 6) is -4.39. The Hall–Kier alpha value is -4.64. The van der Waals surface area contributed by atoms with Crippen molar-refractivity contribution >= 4 is 52.4 Å². The molecule has 0 amide bonds. The number of carboxylic acids is 4. The number of hydrogen-bond donors (Lipinski definition) is 8. The monoisotopic (exact) mass is 865 g/mol. The van der Waals surface area contributed by atoms with E-state index in [1.807, 2.05) is 0 Å². The fourth-order valence-electron chi connectivity index (χ4n) is 4.67. The van der Waals surface area contributed by atoms with Crippen LogP contribution in [0.1, 0.15) is 0 Å². The van der Waals surface area contributed by atoms with Gasteiger partial charge in [0.25, 0.3) is 0 Å². The third-order valence-electron chi connectivity index (χ3n) is 6.94. The fraction of sp³-hybridized carbons (Fsp3) is 0.300. The Bertz CT molecular complexity index is 1380. The number of carboxylic acid groups (broad SMARTS) is 4. The third-order valence-corrected chi connectivity index (χ3v) is 11.2. The molecule has 4 aromatic rings. The van der Waals surface area contributed by atoms with Crippen LogP contribution in [-0.4, -0.2) is 102 Å². The van der Waals surface area contributed by atoms with Gasteiger partial charge in [0.05, 0.1) is 23.9 Å².